The molecule has 3 heteroatoms. The SMILES string of the molecule is CCCCCCC(C)OC(C)C(N)=O. The van der Waals surface area contributed by atoms with Gasteiger partial charge in [0.1, 0.15) is 6.10 Å². The maximum atomic E-state index is 10.7. The van der Waals surface area contributed by atoms with Crippen molar-refractivity contribution in [1.29, 1.82) is 0 Å². The molecular weight excluding hydrogens is 178 g/mol. The molecule has 0 aliphatic heterocycles. The smallest absolute Gasteiger partial charge is 0.246 e. The van der Waals surface area contributed by atoms with Crippen molar-refractivity contribution in [3.8, 4) is 0 Å². The number of nitrogens with two attached hydrogens (primary N) is 1. The van der Waals surface area contributed by atoms with Crippen molar-refractivity contribution in [3.05, 3.63) is 0 Å². The van der Waals surface area contributed by atoms with Crippen molar-refractivity contribution in [3.63, 3.8) is 0 Å². The average Bonchev–Trinajstić information content (AvgIpc) is 2.12. The number of ether oxygens (including phenoxy) is 1. The van der Waals surface area contributed by atoms with Crippen LogP contribution in [-0.2, 0) is 9.53 Å². The average molecular weight is 201 g/mol. The zero-order valence-electron chi connectivity index (χ0n) is 9.58. The second kappa shape index (κ2) is 7.80. The summed E-state index contributed by atoms with van der Waals surface area (Å²) in [5.41, 5.74) is 5.10. The molecule has 3 nitrogen and oxygen atoms in total. The van der Waals surface area contributed by atoms with E-state index < -0.39 is 6.10 Å². The Hall–Kier alpha value is -0.570. The first kappa shape index (κ1) is 13.4. The van der Waals surface area contributed by atoms with Crippen LogP contribution in [-0.4, -0.2) is 18.1 Å². The van der Waals surface area contributed by atoms with E-state index in [0.29, 0.717) is 0 Å². The van der Waals surface area contributed by atoms with Gasteiger partial charge in [-0.2, -0.15) is 0 Å². The van der Waals surface area contributed by atoms with Crippen LogP contribution in [0.1, 0.15) is 52.9 Å². The van der Waals surface area contributed by atoms with Gasteiger partial charge in [-0.05, 0) is 20.3 Å². The maximum Gasteiger partial charge on any atom is 0.246 e. The molecule has 0 aromatic rings. The molecule has 2 N–H and O–H groups in total. The van der Waals surface area contributed by atoms with Gasteiger partial charge in [-0.15, -0.1) is 0 Å². The van der Waals surface area contributed by atoms with Gasteiger partial charge < -0.3 is 10.5 Å². The Kier molecular flexibility index (Phi) is 7.48. The van der Waals surface area contributed by atoms with Gasteiger partial charge in [0.2, 0.25) is 5.91 Å². The summed E-state index contributed by atoms with van der Waals surface area (Å²) in [5.74, 6) is -0.384. The number of primary amides is 1. The topological polar surface area (TPSA) is 52.3 Å². The summed E-state index contributed by atoms with van der Waals surface area (Å²) < 4.78 is 5.42. The molecule has 0 radical (unpaired) electrons. The van der Waals surface area contributed by atoms with E-state index in [0.717, 1.165) is 6.42 Å². The summed E-state index contributed by atoms with van der Waals surface area (Å²) in [7, 11) is 0. The molecular formula is C11H23NO2. The third-order valence-electron chi connectivity index (χ3n) is 2.30. The van der Waals surface area contributed by atoms with Crippen molar-refractivity contribution >= 4 is 5.91 Å². The van der Waals surface area contributed by atoms with Crippen molar-refractivity contribution in [2.45, 2.75) is 65.1 Å². The fourth-order valence-electron chi connectivity index (χ4n) is 1.34. The Morgan fingerprint density at radius 2 is 1.93 bits per heavy atom. The predicted octanol–water partition coefficient (Wildman–Crippen LogP) is 2.24. The largest absolute Gasteiger partial charge is 0.367 e. The van der Waals surface area contributed by atoms with Gasteiger partial charge in [-0.1, -0.05) is 32.6 Å². The van der Waals surface area contributed by atoms with Gasteiger partial charge in [0, 0.05) is 0 Å². The second-order valence-electron chi connectivity index (χ2n) is 3.84. The molecule has 1 amide bonds. The van der Waals surface area contributed by atoms with Crippen LogP contribution in [0.4, 0.5) is 0 Å². The summed E-state index contributed by atoms with van der Waals surface area (Å²) in [5, 5.41) is 0. The monoisotopic (exact) mass is 201 g/mol. The molecule has 2 unspecified atom stereocenters. The Morgan fingerprint density at radius 1 is 1.29 bits per heavy atom. The van der Waals surface area contributed by atoms with Crippen LogP contribution in [0.5, 0.6) is 0 Å². The number of unbranched alkanes of at least 4 members (excludes halogenated alkanes) is 3. The van der Waals surface area contributed by atoms with Gasteiger partial charge in [0.15, 0.2) is 0 Å². The molecule has 0 spiro atoms. The van der Waals surface area contributed by atoms with Crippen LogP contribution in [0, 0.1) is 0 Å². The lowest BCUT2D eigenvalue weighted by Gasteiger charge is -2.16. The lowest BCUT2D eigenvalue weighted by atomic mass is 10.1. The van der Waals surface area contributed by atoms with Crippen molar-refractivity contribution in [2.75, 3.05) is 0 Å². The lowest BCUT2D eigenvalue weighted by molar-refractivity contribution is -0.131. The molecule has 0 saturated carbocycles. The second-order valence-corrected chi connectivity index (χ2v) is 3.84. The van der Waals surface area contributed by atoms with Crippen LogP contribution in [0.3, 0.4) is 0 Å². The number of carbonyl (C=O) groups excluding carboxylic acids is 1. The molecule has 0 bridgehead atoms. The fourth-order valence-corrected chi connectivity index (χ4v) is 1.34. The highest BCUT2D eigenvalue weighted by Crippen LogP contribution is 2.09. The van der Waals surface area contributed by atoms with Crippen LogP contribution in [0.25, 0.3) is 0 Å². The summed E-state index contributed by atoms with van der Waals surface area (Å²) in [6, 6.07) is 0. The summed E-state index contributed by atoms with van der Waals surface area (Å²) >= 11 is 0. The van der Waals surface area contributed by atoms with Crippen LogP contribution in [0.2, 0.25) is 0 Å². The molecule has 0 aromatic carbocycles. The van der Waals surface area contributed by atoms with Crippen molar-refractivity contribution in [2.24, 2.45) is 5.73 Å². The maximum absolute atomic E-state index is 10.7. The number of amides is 1. The fraction of sp³-hybridized carbons (Fsp3) is 0.909. The van der Waals surface area contributed by atoms with Crippen molar-refractivity contribution < 1.29 is 9.53 Å². The molecule has 0 aromatic heterocycles. The first-order chi connectivity index (χ1) is 6.57. The van der Waals surface area contributed by atoms with Gasteiger partial charge in [-0.3, -0.25) is 4.79 Å². The molecule has 0 aliphatic rings. The van der Waals surface area contributed by atoms with Crippen LogP contribution >= 0.6 is 0 Å². The highest BCUT2D eigenvalue weighted by Gasteiger charge is 2.12. The van der Waals surface area contributed by atoms with Gasteiger partial charge in [-0.25, -0.2) is 0 Å². The quantitative estimate of drug-likeness (QED) is 0.612. The normalized spacial score (nSPS) is 15.1. The van der Waals surface area contributed by atoms with Crippen LogP contribution in [0.15, 0.2) is 0 Å². The first-order valence-corrected chi connectivity index (χ1v) is 5.52. The molecule has 0 aliphatic carbocycles. The third kappa shape index (κ3) is 6.89. The number of rotatable bonds is 8. The lowest BCUT2D eigenvalue weighted by Crippen LogP contribution is -2.31. The minimum atomic E-state index is -0.462. The summed E-state index contributed by atoms with van der Waals surface area (Å²) in [4.78, 5) is 10.7. The summed E-state index contributed by atoms with van der Waals surface area (Å²) in [6.07, 6.45) is 5.61. The molecule has 0 saturated heterocycles. The van der Waals surface area contributed by atoms with Gasteiger partial charge in [0.25, 0.3) is 0 Å². The van der Waals surface area contributed by atoms with Gasteiger partial charge in [0.05, 0.1) is 6.10 Å². The van der Waals surface area contributed by atoms with E-state index in [9.17, 15) is 4.79 Å². The van der Waals surface area contributed by atoms with E-state index in [1.807, 2.05) is 6.92 Å². The minimum absolute atomic E-state index is 0.134. The first-order valence-electron chi connectivity index (χ1n) is 5.52. The van der Waals surface area contributed by atoms with E-state index in [-0.39, 0.29) is 12.0 Å². The summed E-state index contributed by atoms with van der Waals surface area (Å²) in [6.45, 7) is 5.88. The number of hydrogen-bond donors (Lipinski definition) is 1. The van der Waals surface area contributed by atoms with E-state index in [4.69, 9.17) is 10.5 Å². The highest BCUT2D eigenvalue weighted by molar-refractivity contribution is 5.78. The molecule has 2 atom stereocenters. The molecule has 0 rings (SSSR count). The Labute approximate surface area is 87.0 Å². The van der Waals surface area contributed by atoms with E-state index >= 15 is 0 Å². The minimum Gasteiger partial charge on any atom is -0.367 e. The standard InChI is InChI=1S/C11H23NO2/c1-4-5-6-7-8-9(2)14-10(3)11(12)13/h9-10H,4-8H2,1-3H3,(H2,12,13). The number of hydrogen-bond acceptors (Lipinski definition) is 2. The highest BCUT2D eigenvalue weighted by atomic mass is 16.5. The molecule has 84 valence electrons. The van der Waals surface area contributed by atoms with E-state index in [2.05, 4.69) is 6.92 Å². The molecule has 14 heavy (non-hydrogen) atoms. The van der Waals surface area contributed by atoms with Gasteiger partial charge >= 0.3 is 0 Å². The Balaban J connectivity index is 3.45. The predicted molar refractivity (Wildman–Crippen MR) is 58.0 cm³/mol. The Bertz CT molecular complexity index is 159. The number of carbonyl (C=O) groups is 1. The van der Waals surface area contributed by atoms with E-state index in [1.165, 1.54) is 25.7 Å². The molecule has 0 fully saturated rings. The van der Waals surface area contributed by atoms with Crippen molar-refractivity contribution in [1.82, 2.24) is 0 Å². The zero-order valence-corrected chi connectivity index (χ0v) is 9.58. The Morgan fingerprint density at radius 3 is 2.43 bits per heavy atom. The van der Waals surface area contributed by atoms with Crippen LogP contribution < -0.4 is 5.73 Å². The zero-order chi connectivity index (χ0) is 11.0. The third-order valence-corrected chi connectivity index (χ3v) is 2.30. The van der Waals surface area contributed by atoms with E-state index in [1.54, 1.807) is 6.92 Å². The molecule has 0 heterocycles.